The summed E-state index contributed by atoms with van der Waals surface area (Å²) in [5.41, 5.74) is 1.60. The molecule has 1 saturated heterocycles. The third-order valence-corrected chi connectivity index (χ3v) is 3.10. The minimum absolute atomic E-state index is 0.0382. The van der Waals surface area contributed by atoms with Gasteiger partial charge in [0, 0.05) is 17.3 Å². The molecule has 0 aliphatic carbocycles. The maximum atomic E-state index is 11.6. The van der Waals surface area contributed by atoms with Gasteiger partial charge in [-0.15, -0.1) is 0 Å². The summed E-state index contributed by atoms with van der Waals surface area (Å²) in [5, 5.41) is 3.25. The van der Waals surface area contributed by atoms with E-state index in [1.54, 1.807) is 12.1 Å². The fourth-order valence-electron chi connectivity index (χ4n) is 1.82. The number of carbonyl (C=O) groups excluding carboxylic acids is 1. The molecule has 1 atom stereocenters. The molecule has 0 aromatic heterocycles. The molecule has 1 aliphatic heterocycles. The van der Waals surface area contributed by atoms with Crippen LogP contribution in [0.4, 0.5) is 10.5 Å². The number of anilines is 1. The summed E-state index contributed by atoms with van der Waals surface area (Å²) in [6, 6.07) is 5.32. The van der Waals surface area contributed by atoms with Crippen LogP contribution in [0.3, 0.4) is 0 Å². The standard InChI is InChI=1S/C13H16ClNO3/c1-9-4-5-10(14)7-12(9)15-13(16)18-8-11-3-2-6-17-11/h4-5,7,11H,2-3,6,8H2,1H3,(H,15,16). The number of halogens is 1. The van der Waals surface area contributed by atoms with Crippen LogP contribution in [0.15, 0.2) is 18.2 Å². The van der Waals surface area contributed by atoms with Crippen molar-refractivity contribution < 1.29 is 14.3 Å². The molecule has 1 amide bonds. The molecule has 1 N–H and O–H groups in total. The summed E-state index contributed by atoms with van der Waals surface area (Å²) in [6.07, 6.45) is 1.54. The molecular weight excluding hydrogens is 254 g/mol. The number of rotatable bonds is 3. The first-order valence-electron chi connectivity index (χ1n) is 5.96. The zero-order valence-electron chi connectivity index (χ0n) is 10.2. The maximum Gasteiger partial charge on any atom is 0.411 e. The Morgan fingerprint density at radius 3 is 3.17 bits per heavy atom. The number of carbonyl (C=O) groups is 1. The van der Waals surface area contributed by atoms with Crippen molar-refractivity contribution in [2.24, 2.45) is 0 Å². The Bertz CT molecular complexity index is 430. The van der Waals surface area contributed by atoms with Crippen molar-refractivity contribution in [2.75, 3.05) is 18.5 Å². The average molecular weight is 270 g/mol. The highest BCUT2D eigenvalue weighted by Gasteiger charge is 2.17. The monoisotopic (exact) mass is 269 g/mol. The van der Waals surface area contributed by atoms with E-state index in [0.717, 1.165) is 25.0 Å². The molecule has 5 heteroatoms. The normalized spacial score (nSPS) is 18.7. The van der Waals surface area contributed by atoms with E-state index in [4.69, 9.17) is 21.1 Å². The minimum atomic E-state index is -0.476. The first kappa shape index (κ1) is 13.2. The number of benzene rings is 1. The van der Waals surface area contributed by atoms with Gasteiger partial charge in [-0.1, -0.05) is 17.7 Å². The van der Waals surface area contributed by atoms with Crippen LogP contribution in [-0.2, 0) is 9.47 Å². The number of hydrogen-bond donors (Lipinski definition) is 1. The number of amides is 1. The van der Waals surface area contributed by atoms with E-state index in [-0.39, 0.29) is 6.10 Å². The predicted octanol–water partition coefficient (Wildman–Crippen LogP) is 3.38. The quantitative estimate of drug-likeness (QED) is 0.915. The Labute approximate surface area is 111 Å². The lowest BCUT2D eigenvalue weighted by Gasteiger charge is -2.12. The predicted molar refractivity (Wildman–Crippen MR) is 70.1 cm³/mol. The van der Waals surface area contributed by atoms with Crippen LogP contribution in [-0.4, -0.2) is 25.4 Å². The molecule has 4 nitrogen and oxygen atoms in total. The van der Waals surface area contributed by atoms with Gasteiger partial charge in [0.15, 0.2) is 0 Å². The van der Waals surface area contributed by atoms with Gasteiger partial charge in [-0.2, -0.15) is 0 Å². The van der Waals surface area contributed by atoms with Gasteiger partial charge in [0.05, 0.1) is 6.10 Å². The fourth-order valence-corrected chi connectivity index (χ4v) is 1.99. The van der Waals surface area contributed by atoms with E-state index < -0.39 is 6.09 Å². The van der Waals surface area contributed by atoms with Crippen molar-refractivity contribution in [3.05, 3.63) is 28.8 Å². The Kier molecular flexibility index (Phi) is 4.44. The van der Waals surface area contributed by atoms with E-state index in [1.165, 1.54) is 0 Å². The second-order valence-electron chi connectivity index (χ2n) is 4.32. The molecule has 1 heterocycles. The van der Waals surface area contributed by atoms with E-state index in [1.807, 2.05) is 13.0 Å². The highest BCUT2D eigenvalue weighted by atomic mass is 35.5. The van der Waals surface area contributed by atoms with Crippen LogP contribution in [0.1, 0.15) is 18.4 Å². The van der Waals surface area contributed by atoms with Crippen molar-refractivity contribution in [3.8, 4) is 0 Å². The highest BCUT2D eigenvalue weighted by Crippen LogP contribution is 2.20. The maximum absolute atomic E-state index is 11.6. The SMILES string of the molecule is Cc1ccc(Cl)cc1NC(=O)OCC1CCCO1. The first-order valence-corrected chi connectivity index (χ1v) is 6.34. The number of ether oxygens (including phenoxy) is 2. The van der Waals surface area contributed by atoms with Crippen LogP contribution >= 0.6 is 11.6 Å². The van der Waals surface area contributed by atoms with Gasteiger partial charge >= 0.3 is 6.09 Å². The summed E-state index contributed by atoms with van der Waals surface area (Å²) >= 11 is 5.87. The lowest BCUT2D eigenvalue weighted by Crippen LogP contribution is -2.21. The van der Waals surface area contributed by atoms with Gasteiger partial charge in [0.2, 0.25) is 0 Å². The van der Waals surface area contributed by atoms with Gasteiger partial charge in [0.25, 0.3) is 0 Å². The molecule has 0 radical (unpaired) electrons. The topological polar surface area (TPSA) is 47.6 Å². The Morgan fingerprint density at radius 1 is 1.61 bits per heavy atom. The second-order valence-corrected chi connectivity index (χ2v) is 4.75. The molecule has 1 aromatic carbocycles. The van der Waals surface area contributed by atoms with Crippen LogP contribution < -0.4 is 5.32 Å². The average Bonchev–Trinajstić information content (AvgIpc) is 2.84. The summed E-state index contributed by atoms with van der Waals surface area (Å²) in [6.45, 7) is 2.94. The highest BCUT2D eigenvalue weighted by molar-refractivity contribution is 6.30. The Hall–Kier alpha value is -1.26. The van der Waals surface area contributed by atoms with Gasteiger partial charge in [-0.3, -0.25) is 5.32 Å². The summed E-state index contributed by atoms with van der Waals surface area (Å²) in [7, 11) is 0. The Balaban J connectivity index is 1.84. The molecule has 0 bridgehead atoms. The van der Waals surface area contributed by atoms with E-state index >= 15 is 0 Å². The van der Waals surface area contributed by atoms with E-state index in [2.05, 4.69) is 5.32 Å². The summed E-state index contributed by atoms with van der Waals surface area (Å²) < 4.78 is 10.5. The van der Waals surface area contributed by atoms with Crippen LogP contribution in [0, 0.1) is 6.92 Å². The third kappa shape index (κ3) is 3.62. The van der Waals surface area contributed by atoms with Gasteiger partial charge in [-0.25, -0.2) is 4.79 Å². The van der Waals surface area contributed by atoms with Gasteiger partial charge < -0.3 is 9.47 Å². The molecule has 2 rings (SSSR count). The third-order valence-electron chi connectivity index (χ3n) is 2.86. The molecular formula is C13H16ClNO3. The number of hydrogen-bond acceptors (Lipinski definition) is 3. The molecule has 0 saturated carbocycles. The molecule has 1 unspecified atom stereocenters. The van der Waals surface area contributed by atoms with Crippen molar-refractivity contribution in [1.29, 1.82) is 0 Å². The number of aryl methyl sites for hydroxylation is 1. The summed E-state index contributed by atoms with van der Waals surface area (Å²) in [4.78, 5) is 11.6. The lowest BCUT2D eigenvalue weighted by atomic mass is 10.2. The van der Waals surface area contributed by atoms with Crippen molar-refractivity contribution in [2.45, 2.75) is 25.9 Å². The largest absolute Gasteiger partial charge is 0.447 e. The van der Waals surface area contributed by atoms with Crippen molar-refractivity contribution in [1.82, 2.24) is 0 Å². The van der Waals surface area contributed by atoms with Crippen LogP contribution in [0.25, 0.3) is 0 Å². The van der Waals surface area contributed by atoms with Crippen molar-refractivity contribution in [3.63, 3.8) is 0 Å². The zero-order chi connectivity index (χ0) is 13.0. The van der Waals surface area contributed by atoms with Gasteiger partial charge in [0.1, 0.15) is 6.61 Å². The molecule has 98 valence electrons. The second kappa shape index (κ2) is 6.07. The first-order chi connectivity index (χ1) is 8.65. The van der Waals surface area contributed by atoms with E-state index in [9.17, 15) is 4.79 Å². The Morgan fingerprint density at radius 2 is 2.44 bits per heavy atom. The molecule has 1 aromatic rings. The molecule has 18 heavy (non-hydrogen) atoms. The van der Waals surface area contributed by atoms with Crippen LogP contribution in [0.2, 0.25) is 5.02 Å². The summed E-state index contributed by atoms with van der Waals surface area (Å²) in [5.74, 6) is 0. The number of nitrogens with one attached hydrogen (secondary N) is 1. The minimum Gasteiger partial charge on any atom is -0.447 e. The molecule has 1 aliphatic rings. The van der Waals surface area contributed by atoms with Crippen LogP contribution in [0.5, 0.6) is 0 Å². The van der Waals surface area contributed by atoms with Crippen molar-refractivity contribution >= 4 is 23.4 Å². The molecule has 0 spiro atoms. The van der Waals surface area contributed by atoms with E-state index in [0.29, 0.717) is 17.3 Å². The zero-order valence-corrected chi connectivity index (χ0v) is 11.0. The lowest BCUT2D eigenvalue weighted by molar-refractivity contribution is 0.0484. The smallest absolute Gasteiger partial charge is 0.411 e. The molecule has 1 fully saturated rings. The fraction of sp³-hybridized carbons (Fsp3) is 0.462. The van der Waals surface area contributed by atoms with Gasteiger partial charge in [-0.05, 0) is 37.5 Å².